The Hall–Kier alpha value is -7.55. The van der Waals surface area contributed by atoms with E-state index in [1.807, 2.05) is 12.3 Å². The predicted octanol–water partition coefficient (Wildman–Crippen LogP) is 15.4. The van der Waals surface area contributed by atoms with Crippen molar-refractivity contribution in [2.45, 2.75) is 0 Å². The molecule has 57 heavy (non-hydrogen) atoms. The summed E-state index contributed by atoms with van der Waals surface area (Å²) in [7, 11) is 0. The Balaban J connectivity index is 1.10. The maximum Gasteiger partial charge on any atom is 0.143 e. The number of rotatable bonds is 4. The largest absolute Gasteiger partial charge is 0.455 e. The second-order valence-electron chi connectivity index (χ2n) is 15.0. The first-order valence-corrected chi connectivity index (χ1v) is 19.5. The van der Waals surface area contributed by atoms with Crippen LogP contribution in [0.3, 0.4) is 0 Å². The number of benzene rings is 10. The van der Waals surface area contributed by atoms with Crippen LogP contribution in [0.4, 0.5) is 0 Å². The van der Waals surface area contributed by atoms with Gasteiger partial charge in [0.05, 0.1) is 5.52 Å². The lowest BCUT2D eigenvalue weighted by Gasteiger charge is -2.18. The van der Waals surface area contributed by atoms with Gasteiger partial charge >= 0.3 is 0 Å². The molecule has 2 heterocycles. The van der Waals surface area contributed by atoms with Crippen LogP contribution in [-0.4, -0.2) is 4.98 Å². The van der Waals surface area contributed by atoms with Crippen molar-refractivity contribution >= 4 is 75.9 Å². The van der Waals surface area contributed by atoms with E-state index in [9.17, 15) is 0 Å². The molecule has 2 heteroatoms. The van der Waals surface area contributed by atoms with Crippen LogP contribution < -0.4 is 0 Å². The summed E-state index contributed by atoms with van der Waals surface area (Å²) < 4.78 is 6.93. The molecule has 0 atom stereocenters. The SMILES string of the molecule is c1ccc(-c2c3ccccc3c(-c3ccc4oc5c(-c6c7ccccc7c(-c7ccc8cccnc8c7)c7ccccc67)cccc5c4c3)c3ccccc23)cc1. The molecule has 0 radical (unpaired) electrons. The predicted molar refractivity (Wildman–Crippen MR) is 241 cm³/mol. The van der Waals surface area contributed by atoms with Crippen LogP contribution in [0.2, 0.25) is 0 Å². The fraction of sp³-hybridized carbons (Fsp3) is 0. The van der Waals surface area contributed by atoms with E-state index < -0.39 is 0 Å². The van der Waals surface area contributed by atoms with Crippen molar-refractivity contribution < 1.29 is 4.42 Å². The molecule has 2 nitrogen and oxygen atoms in total. The fourth-order valence-electron chi connectivity index (χ4n) is 9.46. The van der Waals surface area contributed by atoms with Crippen molar-refractivity contribution in [3.8, 4) is 44.5 Å². The van der Waals surface area contributed by atoms with Gasteiger partial charge in [-0.2, -0.15) is 0 Å². The topological polar surface area (TPSA) is 26.0 Å². The Morgan fingerprint density at radius 2 is 0.807 bits per heavy atom. The highest BCUT2D eigenvalue weighted by Crippen LogP contribution is 2.48. The van der Waals surface area contributed by atoms with Gasteiger partial charge < -0.3 is 4.42 Å². The van der Waals surface area contributed by atoms with Crippen molar-refractivity contribution in [3.63, 3.8) is 0 Å². The molecule has 0 saturated heterocycles. The van der Waals surface area contributed by atoms with E-state index >= 15 is 0 Å². The molecule has 264 valence electrons. The first-order valence-electron chi connectivity index (χ1n) is 19.5. The van der Waals surface area contributed by atoms with Crippen molar-refractivity contribution in [1.82, 2.24) is 4.98 Å². The van der Waals surface area contributed by atoms with Gasteiger partial charge in [-0.1, -0.05) is 170 Å². The van der Waals surface area contributed by atoms with E-state index in [2.05, 4.69) is 188 Å². The van der Waals surface area contributed by atoms with Gasteiger partial charge in [-0.3, -0.25) is 4.98 Å². The summed E-state index contributed by atoms with van der Waals surface area (Å²) in [6, 6.07) is 70.2. The van der Waals surface area contributed by atoms with Crippen LogP contribution in [0.15, 0.2) is 205 Å². The number of fused-ring (bicyclic) bond motifs is 8. The monoisotopic (exact) mass is 723 g/mol. The summed E-state index contributed by atoms with van der Waals surface area (Å²) in [6.45, 7) is 0. The molecule has 0 N–H and O–H groups in total. The normalized spacial score (nSPS) is 11.9. The van der Waals surface area contributed by atoms with E-state index in [-0.39, 0.29) is 0 Å². The van der Waals surface area contributed by atoms with Gasteiger partial charge in [0.15, 0.2) is 0 Å². The van der Waals surface area contributed by atoms with Crippen LogP contribution in [0, 0.1) is 0 Å². The summed E-state index contributed by atoms with van der Waals surface area (Å²) in [5.41, 5.74) is 12.3. The zero-order valence-electron chi connectivity index (χ0n) is 30.9. The van der Waals surface area contributed by atoms with E-state index in [4.69, 9.17) is 9.40 Å². The van der Waals surface area contributed by atoms with Crippen molar-refractivity contribution in [3.05, 3.63) is 200 Å². The van der Waals surface area contributed by atoms with Crippen LogP contribution in [-0.2, 0) is 0 Å². The zero-order valence-corrected chi connectivity index (χ0v) is 30.9. The van der Waals surface area contributed by atoms with Crippen molar-refractivity contribution in [2.24, 2.45) is 0 Å². The first-order chi connectivity index (χ1) is 28.3. The molecule has 12 aromatic rings. The average molecular weight is 724 g/mol. The quantitative estimate of drug-likeness (QED) is 0.169. The Morgan fingerprint density at radius 1 is 0.316 bits per heavy atom. The smallest absolute Gasteiger partial charge is 0.143 e. The number of para-hydroxylation sites is 1. The number of furan rings is 1. The van der Waals surface area contributed by atoms with Gasteiger partial charge in [0, 0.05) is 33.5 Å². The minimum atomic E-state index is 0.879. The summed E-state index contributed by atoms with van der Waals surface area (Å²) >= 11 is 0. The highest BCUT2D eigenvalue weighted by molar-refractivity contribution is 6.25. The summed E-state index contributed by atoms with van der Waals surface area (Å²) in [6.07, 6.45) is 1.87. The van der Waals surface area contributed by atoms with Crippen molar-refractivity contribution in [2.75, 3.05) is 0 Å². The standard InChI is InChI=1S/C55H33NO/c1-2-14-35(15-3-1)51-38-17-4-6-19-40(38)52(41-20-7-5-18-39(41)51)36-29-30-50-48(32-36)46-25-12-26-47(55(46)57-50)54-44-23-10-8-21-42(44)53(43-22-9-11-24-45(43)54)37-28-27-34-16-13-31-56-49(34)33-37/h1-33H. The Morgan fingerprint density at radius 3 is 1.40 bits per heavy atom. The summed E-state index contributed by atoms with van der Waals surface area (Å²) in [5, 5.41) is 13.1. The third kappa shape index (κ3) is 4.81. The molecule has 0 bridgehead atoms. The van der Waals surface area contributed by atoms with Crippen LogP contribution in [0.1, 0.15) is 0 Å². The number of hydrogen-bond acceptors (Lipinski definition) is 2. The third-order valence-electron chi connectivity index (χ3n) is 11.9. The molecule has 10 aromatic carbocycles. The third-order valence-corrected chi connectivity index (χ3v) is 11.9. The van der Waals surface area contributed by atoms with E-state index in [0.29, 0.717) is 0 Å². The fourth-order valence-corrected chi connectivity index (χ4v) is 9.46. The van der Waals surface area contributed by atoms with Gasteiger partial charge in [-0.25, -0.2) is 0 Å². The van der Waals surface area contributed by atoms with Crippen LogP contribution >= 0.6 is 0 Å². The number of hydrogen-bond donors (Lipinski definition) is 0. The van der Waals surface area contributed by atoms with Gasteiger partial charge in [0.2, 0.25) is 0 Å². The molecule has 0 spiro atoms. The molecular formula is C55H33NO. The zero-order chi connectivity index (χ0) is 37.5. The second kappa shape index (κ2) is 12.5. The summed E-state index contributed by atoms with van der Waals surface area (Å²) in [4.78, 5) is 4.71. The van der Waals surface area contributed by atoms with Crippen LogP contribution in [0.25, 0.3) is 120 Å². The number of pyridine rings is 1. The second-order valence-corrected chi connectivity index (χ2v) is 15.0. The van der Waals surface area contributed by atoms with Crippen molar-refractivity contribution in [1.29, 1.82) is 0 Å². The molecule has 0 aliphatic rings. The minimum Gasteiger partial charge on any atom is -0.455 e. The lowest BCUT2D eigenvalue weighted by Crippen LogP contribution is -1.91. The molecular weight excluding hydrogens is 691 g/mol. The minimum absolute atomic E-state index is 0.879. The molecule has 12 rings (SSSR count). The van der Waals surface area contributed by atoms with Gasteiger partial charge in [0.1, 0.15) is 11.2 Å². The average Bonchev–Trinajstić information content (AvgIpc) is 3.66. The Bertz CT molecular complexity index is 3460. The maximum absolute atomic E-state index is 6.93. The molecule has 2 aromatic heterocycles. The lowest BCUT2D eigenvalue weighted by atomic mass is 9.85. The first kappa shape index (κ1) is 31.8. The van der Waals surface area contributed by atoms with E-state index in [1.54, 1.807) is 0 Å². The van der Waals surface area contributed by atoms with E-state index in [0.717, 1.165) is 44.0 Å². The highest BCUT2D eigenvalue weighted by Gasteiger charge is 2.22. The highest BCUT2D eigenvalue weighted by atomic mass is 16.3. The number of aromatic nitrogens is 1. The maximum atomic E-state index is 6.93. The molecule has 0 fully saturated rings. The summed E-state index contributed by atoms with van der Waals surface area (Å²) in [5.74, 6) is 0. The molecule has 0 aliphatic carbocycles. The molecule has 0 unspecified atom stereocenters. The molecule has 0 saturated carbocycles. The van der Waals surface area contributed by atoms with Gasteiger partial charge in [-0.15, -0.1) is 0 Å². The lowest BCUT2D eigenvalue weighted by molar-refractivity contribution is 0.670. The Kier molecular flexibility index (Phi) is 6.96. The number of nitrogens with zero attached hydrogens (tertiary/aromatic N) is 1. The Labute approximate surface area is 328 Å². The van der Waals surface area contributed by atoms with Crippen LogP contribution in [0.5, 0.6) is 0 Å². The van der Waals surface area contributed by atoms with Gasteiger partial charge in [-0.05, 0) is 101 Å². The van der Waals surface area contributed by atoms with E-state index in [1.165, 1.54) is 76.5 Å². The molecule has 0 amide bonds. The molecule has 0 aliphatic heterocycles. The van der Waals surface area contributed by atoms with Gasteiger partial charge in [0.25, 0.3) is 0 Å².